The van der Waals surface area contributed by atoms with Crippen LogP contribution in [0.15, 0.2) is 60.8 Å². The summed E-state index contributed by atoms with van der Waals surface area (Å²) in [5.41, 5.74) is 9.77. The molecule has 0 spiro atoms. The van der Waals surface area contributed by atoms with Gasteiger partial charge in [-0.25, -0.2) is 0 Å². The monoisotopic (exact) mass is 278 g/mol. The van der Waals surface area contributed by atoms with Crippen molar-refractivity contribution < 1.29 is 0 Å². The fraction of sp³-hybridized carbons (Fsp3) is 0.263. The summed E-state index contributed by atoms with van der Waals surface area (Å²) in [6.07, 6.45) is 5.77. The zero-order valence-electron chi connectivity index (χ0n) is 12.3. The molecule has 0 bridgehead atoms. The second-order valence-corrected chi connectivity index (χ2v) is 5.51. The van der Waals surface area contributed by atoms with Crippen LogP contribution in [-0.2, 0) is 19.5 Å². The Morgan fingerprint density at radius 3 is 2.52 bits per heavy atom. The maximum absolute atomic E-state index is 5.80. The summed E-state index contributed by atoms with van der Waals surface area (Å²) >= 11 is 0. The molecule has 2 heteroatoms. The maximum Gasteiger partial charge on any atom is 0.0483 e. The van der Waals surface area contributed by atoms with Crippen molar-refractivity contribution in [1.29, 1.82) is 0 Å². The van der Waals surface area contributed by atoms with Gasteiger partial charge in [-0.2, -0.15) is 0 Å². The third kappa shape index (κ3) is 3.17. The summed E-state index contributed by atoms with van der Waals surface area (Å²) in [4.78, 5) is 0. The van der Waals surface area contributed by atoms with Gasteiger partial charge in [0.15, 0.2) is 0 Å². The van der Waals surface area contributed by atoms with Crippen LogP contribution in [0, 0.1) is 0 Å². The van der Waals surface area contributed by atoms with Crippen LogP contribution in [0.5, 0.6) is 0 Å². The molecule has 0 radical (unpaired) electrons. The number of aryl methyl sites for hydroxylation is 2. The predicted octanol–water partition coefficient (Wildman–Crippen LogP) is 4.12. The minimum atomic E-state index is 0.607. The summed E-state index contributed by atoms with van der Waals surface area (Å²) in [5.74, 6) is 0. The molecule has 0 fully saturated rings. The third-order valence-corrected chi connectivity index (χ3v) is 4.08. The summed E-state index contributed by atoms with van der Waals surface area (Å²) in [6.45, 7) is 1.68. The van der Waals surface area contributed by atoms with Crippen LogP contribution in [0.2, 0.25) is 0 Å². The average molecular weight is 278 g/mol. The van der Waals surface area contributed by atoms with Crippen molar-refractivity contribution in [3.8, 4) is 0 Å². The van der Waals surface area contributed by atoms with Gasteiger partial charge in [0, 0.05) is 30.2 Å². The highest BCUT2D eigenvalue weighted by molar-refractivity contribution is 5.83. The number of fused-ring (bicyclic) bond motifs is 1. The molecule has 0 aliphatic carbocycles. The highest BCUT2D eigenvalue weighted by Gasteiger charge is 2.04. The van der Waals surface area contributed by atoms with Gasteiger partial charge in [0.1, 0.15) is 0 Å². The molecule has 1 aromatic heterocycles. The second-order valence-electron chi connectivity index (χ2n) is 5.51. The Morgan fingerprint density at radius 1 is 0.857 bits per heavy atom. The van der Waals surface area contributed by atoms with Crippen molar-refractivity contribution in [1.82, 2.24) is 4.57 Å². The largest absolute Gasteiger partial charge is 0.347 e. The number of benzene rings is 2. The van der Waals surface area contributed by atoms with Crippen molar-refractivity contribution in [2.45, 2.75) is 32.4 Å². The van der Waals surface area contributed by atoms with Gasteiger partial charge in [-0.15, -0.1) is 0 Å². The molecule has 0 aliphatic rings. The standard InChI is InChI=1S/C19H22N2/c20-15-17-10-6-11-19-18(17)12-14-21(19)13-5-4-9-16-7-2-1-3-8-16/h1-3,6-8,10-12,14H,4-5,9,13,15,20H2. The van der Waals surface area contributed by atoms with E-state index in [-0.39, 0.29) is 0 Å². The lowest BCUT2D eigenvalue weighted by Gasteiger charge is -2.07. The van der Waals surface area contributed by atoms with Gasteiger partial charge in [-0.3, -0.25) is 0 Å². The van der Waals surface area contributed by atoms with Gasteiger partial charge < -0.3 is 10.3 Å². The minimum absolute atomic E-state index is 0.607. The maximum atomic E-state index is 5.80. The molecular weight excluding hydrogens is 256 g/mol. The van der Waals surface area contributed by atoms with Crippen LogP contribution in [0.3, 0.4) is 0 Å². The average Bonchev–Trinajstić information content (AvgIpc) is 2.96. The van der Waals surface area contributed by atoms with Crippen LogP contribution in [-0.4, -0.2) is 4.57 Å². The molecule has 0 saturated heterocycles. The zero-order valence-corrected chi connectivity index (χ0v) is 12.3. The Labute approximate surface area is 126 Å². The van der Waals surface area contributed by atoms with Crippen LogP contribution >= 0.6 is 0 Å². The number of hydrogen-bond acceptors (Lipinski definition) is 1. The van der Waals surface area contributed by atoms with E-state index >= 15 is 0 Å². The summed E-state index contributed by atoms with van der Waals surface area (Å²) in [7, 11) is 0. The fourth-order valence-electron chi connectivity index (χ4n) is 2.92. The predicted molar refractivity (Wildman–Crippen MR) is 89.2 cm³/mol. The Bertz CT molecular complexity index is 698. The summed E-state index contributed by atoms with van der Waals surface area (Å²) < 4.78 is 2.35. The second kappa shape index (κ2) is 6.59. The van der Waals surface area contributed by atoms with E-state index in [0.717, 1.165) is 13.0 Å². The fourth-order valence-corrected chi connectivity index (χ4v) is 2.92. The highest BCUT2D eigenvalue weighted by Crippen LogP contribution is 2.20. The first-order chi connectivity index (χ1) is 10.4. The Kier molecular flexibility index (Phi) is 4.37. The van der Waals surface area contributed by atoms with Crippen LogP contribution in [0.4, 0.5) is 0 Å². The van der Waals surface area contributed by atoms with Crippen molar-refractivity contribution in [2.24, 2.45) is 5.73 Å². The van der Waals surface area contributed by atoms with Gasteiger partial charge in [0.2, 0.25) is 0 Å². The van der Waals surface area contributed by atoms with E-state index in [1.165, 1.54) is 34.9 Å². The van der Waals surface area contributed by atoms with Crippen LogP contribution < -0.4 is 5.73 Å². The first-order valence-electron chi connectivity index (χ1n) is 7.69. The lowest BCUT2D eigenvalue weighted by atomic mass is 10.1. The normalized spacial score (nSPS) is 11.1. The third-order valence-electron chi connectivity index (χ3n) is 4.08. The topological polar surface area (TPSA) is 30.9 Å². The molecule has 21 heavy (non-hydrogen) atoms. The molecule has 2 nitrogen and oxygen atoms in total. The number of nitrogens with two attached hydrogens (primary N) is 1. The summed E-state index contributed by atoms with van der Waals surface area (Å²) in [5, 5.41) is 1.29. The minimum Gasteiger partial charge on any atom is -0.347 e. The highest BCUT2D eigenvalue weighted by atomic mass is 14.9. The first kappa shape index (κ1) is 13.9. The Morgan fingerprint density at radius 2 is 1.71 bits per heavy atom. The molecule has 0 atom stereocenters. The van der Waals surface area contributed by atoms with E-state index in [1.807, 2.05) is 0 Å². The molecule has 3 aromatic rings. The van der Waals surface area contributed by atoms with Gasteiger partial charge in [0.25, 0.3) is 0 Å². The molecule has 2 N–H and O–H groups in total. The zero-order chi connectivity index (χ0) is 14.5. The SMILES string of the molecule is NCc1cccc2c1ccn2CCCCc1ccccc1. The molecular formula is C19H22N2. The van der Waals surface area contributed by atoms with Gasteiger partial charge >= 0.3 is 0 Å². The number of nitrogens with zero attached hydrogens (tertiary/aromatic N) is 1. The van der Waals surface area contributed by atoms with E-state index in [9.17, 15) is 0 Å². The molecule has 3 rings (SSSR count). The van der Waals surface area contributed by atoms with E-state index in [2.05, 4.69) is 65.4 Å². The van der Waals surface area contributed by atoms with Crippen LogP contribution in [0.1, 0.15) is 24.0 Å². The Balaban J connectivity index is 1.61. The molecule has 0 saturated carbocycles. The van der Waals surface area contributed by atoms with E-state index in [4.69, 9.17) is 5.73 Å². The Hall–Kier alpha value is -2.06. The lowest BCUT2D eigenvalue weighted by Crippen LogP contribution is -1.99. The van der Waals surface area contributed by atoms with Crippen molar-refractivity contribution in [2.75, 3.05) is 0 Å². The quantitative estimate of drug-likeness (QED) is 0.675. The van der Waals surface area contributed by atoms with Gasteiger partial charge in [-0.1, -0.05) is 42.5 Å². The molecule has 1 heterocycles. The number of rotatable bonds is 6. The van der Waals surface area contributed by atoms with E-state index in [1.54, 1.807) is 0 Å². The van der Waals surface area contributed by atoms with Crippen LogP contribution in [0.25, 0.3) is 10.9 Å². The number of unbranched alkanes of at least 4 members (excludes halogenated alkanes) is 1. The molecule has 0 unspecified atom stereocenters. The lowest BCUT2D eigenvalue weighted by molar-refractivity contribution is 0.624. The molecule has 0 aliphatic heterocycles. The molecule has 2 aromatic carbocycles. The van der Waals surface area contributed by atoms with Crippen molar-refractivity contribution in [3.63, 3.8) is 0 Å². The van der Waals surface area contributed by atoms with E-state index < -0.39 is 0 Å². The van der Waals surface area contributed by atoms with Gasteiger partial charge in [-0.05, 0) is 42.5 Å². The molecule has 108 valence electrons. The number of aromatic nitrogens is 1. The van der Waals surface area contributed by atoms with Gasteiger partial charge in [0.05, 0.1) is 0 Å². The van der Waals surface area contributed by atoms with Crippen molar-refractivity contribution >= 4 is 10.9 Å². The summed E-state index contributed by atoms with van der Waals surface area (Å²) in [6, 6.07) is 19.3. The number of hydrogen-bond donors (Lipinski definition) is 1. The molecule has 0 amide bonds. The smallest absolute Gasteiger partial charge is 0.0483 e. The van der Waals surface area contributed by atoms with Crippen molar-refractivity contribution in [3.05, 3.63) is 71.9 Å². The first-order valence-corrected chi connectivity index (χ1v) is 7.69. The van der Waals surface area contributed by atoms with E-state index in [0.29, 0.717) is 6.54 Å².